The fourth-order valence-electron chi connectivity index (χ4n) is 3.54. The van der Waals surface area contributed by atoms with Crippen molar-refractivity contribution < 1.29 is 4.79 Å². The van der Waals surface area contributed by atoms with Gasteiger partial charge >= 0.3 is 0 Å². The highest BCUT2D eigenvalue weighted by Gasteiger charge is 2.43. The highest BCUT2D eigenvalue weighted by atomic mass is 16.2. The molecule has 0 aliphatic carbocycles. The van der Waals surface area contributed by atoms with Crippen molar-refractivity contribution in [2.45, 2.75) is 19.1 Å². The van der Waals surface area contributed by atoms with Gasteiger partial charge < -0.3 is 9.80 Å². The van der Waals surface area contributed by atoms with E-state index in [4.69, 9.17) is 0 Å². The molecule has 0 radical (unpaired) electrons. The summed E-state index contributed by atoms with van der Waals surface area (Å²) in [6.07, 6.45) is 2.46. The Kier molecular flexibility index (Phi) is 2.14. The van der Waals surface area contributed by atoms with Crippen LogP contribution in [0.5, 0.6) is 0 Å². The van der Waals surface area contributed by atoms with Crippen LogP contribution in [0, 0.1) is 0 Å². The van der Waals surface area contributed by atoms with Crippen molar-refractivity contribution in [3.8, 4) is 0 Å². The summed E-state index contributed by atoms with van der Waals surface area (Å²) in [7, 11) is 0. The fourth-order valence-corrected chi connectivity index (χ4v) is 3.54. The van der Waals surface area contributed by atoms with Crippen LogP contribution in [-0.2, 0) is 0 Å². The first-order valence-corrected chi connectivity index (χ1v) is 6.77. The number of carbonyl (C=O) groups excluding carboxylic acids is 1. The molecule has 0 bridgehead atoms. The summed E-state index contributed by atoms with van der Waals surface area (Å²) in [5.74, 6) is 0.207. The second-order valence-corrected chi connectivity index (χ2v) is 5.30. The van der Waals surface area contributed by atoms with Gasteiger partial charge in [-0.15, -0.1) is 0 Å². The Morgan fingerprint density at radius 2 is 1.67 bits per heavy atom. The number of amides is 1. The van der Waals surface area contributed by atoms with Gasteiger partial charge in [-0.3, -0.25) is 9.69 Å². The lowest BCUT2D eigenvalue weighted by Gasteiger charge is -2.55. The highest BCUT2D eigenvalue weighted by molar-refractivity contribution is 6.02. The summed E-state index contributed by atoms with van der Waals surface area (Å²) in [6.45, 7) is 4.19. The number of nitrogens with zero attached hydrogens (tertiary/aromatic N) is 3. The molecule has 0 spiro atoms. The Morgan fingerprint density at radius 3 is 2.50 bits per heavy atom. The minimum atomic E-state index is 0.176. The minimum absolute atomic E-state index is 0.176. The lowest BCUT2D eigenvalue weighted by Crippen LogP contribution is -2.68. The number of hydrogen-bond donors (Lipinski definition) is 0. The van der Waals surface area contributed by atoms with E-state index in [1.165, 1.54) is 6.42 Å². The number of rotatable bonds is 0. The van der Waals surface area contributed by atoms with E-state index < -0.39 is 0 Å². The molecule has 4 heteroatoms. The van der Waals surface area contributed by atoms with Gasteiger partial charge in [0.1, 0.15) is 0 Å². The third-order valence-corrected chi connectivity index (χ3v) is 4.28. The van der Waals surface area contributed by atoms with Gasteiger partial charge in [-0.1, -0.05) is 12.1 Å². The number of anilines is 1. The first-order chi connectivity index (χ1) is 8.86. The maximum Gasteiger partial charge on any atom is 0.258 e. The lowest BCUT2D eigenvalue weighted by molar-refractivity contribution is -0.00901. The van der Waals surface area contributed by atoms with Crippen molar-refractivity contribution in [2.24, 2.45) is 0 Å². The van der Waals surface area contributed by atoms with E-state index in [0.29, 0.717) is 0 Å². The number of para-hydroxylation sites is 1. The summed E-state index contributed by atoms with van der Waals surface area (Å²) >= 11 is 0. The lowest BCUT2D eigenvalue weighted by atomic mass is 10.0. The molecule has 94 valence electrons. The van der Waals surface area contributed by atoms with Gasteiger partial charge in [0.2, 0.25) is 0 Å². The molecule has 3 heterocycles. The van der Waals surface area contributed by atoms with Crippen LogP contribution in [0.15, 0.2) is 24.3 Å². The second-order valence-electron chi connectivity index (χ2n) is 5.30. The largest absolute Gasteiger partial charge is 0.338 e. The Balaban J connectivity index is 1.87. The van der Waals surface area contributed by atoms with E-state index in [0.717, 1.165) is 43.9 Å². The monoisotopic (exact) mass is 243 g/mol. The van der Waals surface area contributed by atoms with Crippen LogP contribution in [-0.4, -0.2) is 48.2 Å². The Hall–Kier alpha value is -1.55. The van der Waals surface area contributed by atoms with Crippen LogP contribution in [0.3, 0.4) is 0 Å². The molecule has 3 aliphatic rings. The Labute approximate surface area is 107 Å². The maximum atomic E-state index is 12.6. The third-order valence-electron chi connectivity index (χ3n) is 4.28. The average molecular weight is 243 g/mol. The van der Waals surface area contributed by atoms with Crippen molar-refractivity contribution in [3.05, 3.63) is 29.8 Å². The maximum absolute atomic E-state index is 12.6. The molecule has 0 N–H and O–H groups in total. The molecule has 4 rings (SSSR count). The van der Waals surface area contributed by atoms with E-state index in [9.17, 15) is 4.79 Å². The molecule has 1 aromatic rings. The highest BCUT2D eigenvalue weighted by Crippen LogP contribution is 2.36. The van der Waals surface area contributed by atoms with E-state index in [-0.39, 0.29) is 12.2 Å². The summed E-state index contributed by atoms with van der Waals surface area (Å²) in [5.41, 5.74) is 1.99. The second kappa shape index (κ2) is 3.72. The molecule has 1 atom stereocenters. The smallest absolute Gasteiger partial charge is 0.258 e. The van der Waals surface area contributed by atoms with Crippen molar-refractivity contribution in [1.82, 2.24) is 9.80 Å². The fraction of sp³-hybridized carbons (Fsp3) is 0.500. The first-order valence-electron chi connectivity index (χ1n) is 6.77. The van der Waals surface area contributed by atoms with Gasteiger partial charge in [-0.25, -0.2) is 0 Å². The van der Waals surface area contributed by atoms with E-state index in [1.54, 1.807) is 0 Å². The molecule has 1 amide bonds. The summed E-state index contributed by atoms with van der Waals surface area (Å²) in [5, 5.41) is 0. The molecular weight excluding hydrogens is 226 g/mol. The van der Waals surface area contributed by atoms with Crippen molar-refractivity contribution in [1.29, 1.82) is 0 Å². The summed E-state index contributed by atoms with van der Waals surface area (Å²) in [6, 6.07) is 8.04. The van der Waals surface area contributed by atoms with E-state index >= 15 is 0 Å². The van der Waals surface area contributed by atoms with Gasteiger partial charge in [-0.05, 0) is 25.0 Å². The van der Waals surface area contributed by atoms with Crippen LogP contribution >= 0.6 is 0 Å². The van der Waals surface area contributed by atoms with Crippen molar-refractivity contribution in [2.75, 3.05) is 31.1 Å². The molecule has 0 saturated carbocycles. The van der Waals surface area contributed by atoms with E-state index in [1.807, 2.05) is 23.1 Å². The van der Waals surface area contributed by atoms with Crippen molar-refractivity contribution in [3.63, 3.8) is 0 Å². The molecule has 4 nitrogen and oxygen atoms in total. The van der Waals surface area contributed by atoms with Crippen LogP contribution in [0.25, 0.3) is 0 Å². The molecule has 3 aliphatic heterocycles. The van der Waals surface area contributed by atoms with E-state index in [2.05, 4.69) is 15.9 Å². The molecular formula is C14H17N3O. The average Bonchev–Trinajstić information content (AvgIpc) is 2.44. The van der Waals surface area contributed by atoms with Crippen LogP contribution < -0.4 is 4.90 Å². The number of fused-ring (bicyclic) bond motifs is 2. The zero-order valence-corrected chi connectivity index (χ0v) is 10.4. The van der Waals surface area contributed by atoms with Gasteiger partial charge in [0, 0.05) is 26.2 Å². The number of carbonyl (C=O) groups is 1. The molecule has 2 fully saturated rings. The number of hydrogen-bond acceptors (Lipinski definition) is 3. The van der Waals surface area contributed by atoms with Gasteiger partial charge in [-0.2, -0.15) is 0 Å². The predicted octanol–water partition coefficient (Wildman–Crippen LogP) is 1.34. The topological polar surface area (TPSA) is 26.8 Å². The van der Waals surface area contributed by atoms with Crippen LogP contribution in [0.4, 0.5) is 5.69 Å². The molecule has 0 aromatic heterocycles. The zero-order valence-electron chi connectivity index (χ0n) is 10.4. The molecule has 1 unspecified atom stereocenters. The third kappa shape index (κ3) is 1.27. The van der Waals surface area contributed by atoms with Crippen molar-refractivity contribution >= 4 is 11.6 Å². The predicted molar refractivity (Wildman–Crippen MR) is 69.4 cm³/mol. The molecule has 18 heavy (non-hydrogen) atoms. The standard InChI is InChI=1S/C14H17N3O/c18-13-11-5-1-2-6-12(11)16-9-3-7-15-8-4-10-17(13)14(15)16/h1-2,5-6,14H,3-4,7-10H2. The normalized spacial score (nSPS) is 26.9. The Bertz CT molecular complexity index is 500. The first kappa shape index (κ1) is 10.4. The Morgan fingerprint density at radius 1 is 0.944 bits per heavy atom. The zero-order chi connectivity index (χ0) is 12.1. The van der Waals surface area contributed by atoms with Crippen LogP contribution in [0.2, 0.25) is 0 Å². The molecule has 2 saturated heterocycles. The van der Waals surface area contributed by atoms with Gasteiger partial charge in [0.25, 0.3) is 5.91 Å². The minimum Gasteiger partial charge on any atom is -0.338 e. The molecule has 1 aromatic carbocycles. The van der Waals surface area contributed by atoms with Gasteiger partial charge in [0.05, 0.1) is 11.3 Å². The van der Waals surface area contributed by atoms with Crippen LogP contribution in [0.1, 0.15) is 23.2 Å². The summed E-state index contributed by atoms with van der Waals surface area (Å²) in [4.78, 5) is 19.4. The summed E-state index contributed by atoms with van der Waals surface area (Å²) < 4.78 is 0. The van der Waals surface area contributed by atoms with Gasteiger partial charge in [0.15, 0.2) is 6.29 Å². The number of benzene rings is 1. The SMILES string of the molecule is O=C1c2ccccc2N2CCCN3CCCN1C32. The quantitative estimate of drug-likeness (QED) is 0.688.